The molecule has 0 aliphatic heterocycles. The molecule has 1 N–H and O–H groups in total. The van der Waals surface area contributed by atoms with E-state index in [1.165, 1.54) is 6.07 Å². The second-order valence-corrected chi connectivity index (χ2v) is 7.06. The van der Waals surface area contributed by atoms with Crippen molar-refractivity contribution in [1.82, 2.24) is 10.2 Å². The van der Waals surface area contributed by atoms with Crippen molar-refractivity contribution in [3.05, 3.63) is 28.5 Å². The summed E-state index contributed by atoms with van der Waals surface area (Å²) in [7, 11) is 0. The SMILES string of the molecule is CC(C)(C)OC(=O)Nc1nnc(-c2cc(Br)ccc2F)s1. The van der Waals surface area contributed by atoms with Gasteiger partial charge in [-0.15, -0.1) is 10.2 Å². The van der Waals surface area contributed by atoms with E-state index in [0.29, 0.717) is 10.6 Å². The standard InChI is InChI=1S/C13H13BrFN3O2S/c1-13(2,3)20-12(19)16-11-18-17-10(21-11)8-6-7(14)4-5-9(8)15/h4-6H,1-3H3,(H,16,18,19). The highest BCUT2D eigenvalue weighted by Gasteiger charge is 2.18. The zero-order chi connectivity index (χ0) is 15.6. The Balaban J connectivity index is 2.15. The summed E-state index contributed by atoms with van der Waals surface area (Å²) in [4.78, 5) is 11.6. The van der Waals surface area contributed by atoms with E-state index >= 15 is 0 Å². The lowest BCUT2D eigenvalue weighted by Crippen LogP contribution is -2.27. The monoisotopic (exact) mass is 373 g/mol. The Labute approximate surface area is 133 Å². The van der Waals surface area contributed by atoms with E-state index < -0.39 is 17.5 Å². The van der Waals surface area contributed by atoms with Crippen molar-refractivity contribution in [2.24, 2.45) is 0 Å². The molecule has 1 amide bonds. The van der Waals surface area contributed by atoms with Gasteiger partial charge in [-0.05, 0) is 39.0 Å². The average molecular weight is 374 g/mol. The summed E-state index contributed by atoms with van der Waals surface area (Å²) in [6.45, 7) is 5.28. The van der Waals surface area contributed by atoms with Gasteiger partial charge in [-0.1, -0.05) is 27.3 Å². The lowest BCUT2D eigenvalue weighted by Gasteiger charge is -2.18. The second-order valence-electron chi connectivity index (χ2n) is 5.16. The van der Waals surface area contributed by atoms with Crippen LogP contribution in [0.2, 0.25) is 0 Å². The van der Waals surface area contributed by atoms with Crippen molar-refractivity contribution >= 4 is 38.5 Å². The molecule has 21 heavy (non-hydrogen) atoms. The van der Waals surface area contributed by atoms with Crippen LogP contribution in [0.1, 0.15) is 20.8 Å². The third kappa shape index (κ3) is 4.47. The maximum atomic E-state index is 13.8. The predicted octanol–water partition coefficient (Wildman–Crippen LogP) is 4.45. The molecule has 0 aliphatic rings. The molecular weight excluding hydrogens is 361 g/mol. The summed E-state index contributed by atoms with van der Waals surface area (Å²) in [6, 6.07) is 4.54. The molecule has 2 aromatic rings. The molecule has 2 rings (SSSR count). The van der Waals surface area contributed by atoms with E-state index in [1.807, 2.05) is 0 Å². The number of hydrogen-bond donors (Lipinski definition) is 1. The highest BCUT2D eigenvalue weighted by Crippen LogP contribution is 2.30. The molecule has 0 spiro atoms. The van der Waals surface area contributed by atoms with E-state index in [4.69, 9.17) is 4.74 Å². The largest absolute Gasteiger partial charge is 0.444 e. The van der Waals surface area contributed by atoms with E-state index in [0.717, 1.165) is 15.8 Å². The van der Waals surface area contributed by atoms with Crippen molar-refractivity contribution in [3.63, 3.8) is 0 Å². The van der Waals surface area contributed by atoms with Crippen LogP contribution < -0.4 is 5.32 Å². The second kappa shape index (κ2) is 6.07. The molecule has 0 saturated heterocycles. The minimum absolute atomic E-state index is 0.249. The van der Waals surface area contributed by atoms with E-state index in [9.17, 15) is 9.18 Å². The van der Waals surface area contributed by atoms with Crippen LogP contribution in [-0.4, -0.2) is 21.9 Å². The number of rotatable bonds is 2. The Morgan fingerprint density at radius 2 is 2.10 bits per heavy atom. The van der Waals surface area contributed by atoms with Crippen LogP contribution in [0, 0.1) is 5.82 Å². The summed E-state index contributed by atoms with van der Waals surface area (Å²) in [5, 5.41) is 10.8. The maximum Gasteiger partial charge on any atom is 0.414 e. The van der Waals surface area contributed by atoms with Gasteiger partial charge in [-0.25, -0.2) is 9.18 Å². The minimum Gasteiger partial charge on any atom is -0.444 e. The highest BCUT2D eigenvalue weighted by atomic mass is 79.9. The van der Waals surface area contributed by atoms with Crippen LogP contribution in [0.15, 0.2) is 22.7 Å². The first kappa shape index (κ1) is 15.8. The summed E-state index contributed by atoms with van der Waals surface area (Å²) >= 11 is 4.34. The molecule has 0 saturated carbocycles. The number of nitrogens with one attached hydrogen (secondary N) is 1. The molecule has 1 heterocycles. The Morgan fingerprint density at radius 3 is 2.76 bits per heavy atom. The molecule has 0 aliphatic carbocycles. The molecule has 0 atom stereocenters. The van der Waals surface area contributed by atoms with Crippen LogP contribution in [0.3, 0.4) is 0 Å². The van der Waals surface area contributed by atoms with Crippen molar-refractivity contribution < 1.29 is 13.9 Å². The van der Waals surface area contributed by atoms with Gasteiger partial charge in [0.2, 0.25) is 5.13 Å². The van der Waals surface area contributed by atoms with Gasteiger partial charge in [-0.3, -0.25) is 5.32 Å². The summed E-state index contributed by atoms with van der Waals surface area (Å²) in [5.74, 6) is -0.404. The van der Waals surface area contributed by atoms with Crippen LogP contribution in [-0.2, 0) is 4.74 Å². The highest BCUT2D eigenvalue weighted by molar-refractivity contribution is 9.10. The van der Waals surface area contributed by atoms with E-state index in [-0.39, 0.29) is 5.13 Å². The van der Waals surface area contributed by atoms with Crippen LogP contribution in [0.4, 0.5) is 14.3 Å². The predicted molar refractivity (Wildman–Crippen MR) is 82.9 cm³/mol. The summed E-state index contributed by atoms with van der Waals surface area (Å²) in [5.41, 5.74) is -0.285. The molecule has 1 aromatic carbocycles. The Bertz CT molecular complexity index is 670. The molecule has 8 heteroatoms. The molecule has 5 nitrogen and oxygen atoms in total. The van der Waals surface area contributed by atoms with Gasteiger partial charge < -0.3 is 4.74 Å². The fraction of sp³-hybridized carbons (Fsp3) is 0.308. The number of anilines is 1. The molecular formula is C13H13BrFN3O2S. The Hall–Kier alpha value is -1.54. The third-order valence-electron chi connectivity index (χ3n) is 2.19. The van der Waals surface area contributed by atoms with Crippen molar-refractivity contribution in [2.75, 3.05) is 5.32 Å². The fourth-order valence-electron chi connectivity index (χ4n) is 1.43. The maximum absolute atomic E-state index is 13.8. The molecule has 0 fully saturated rings. The molecule has 0 bridgehead atoms. The number of carbonyl (C=O) groups is 1. The lowest BCUT2D eigenvalue weighted by molar-refractivity contribution is 0.0636. The first-order chi connectivity index (χ1) is 9.74. The van der Waals surface area contributed by atoms with Gasteiger partial charge in [0.05, 0.1) is 0 Å². The van der Waals surface area contributed by atoms with E-state index in [1.54, 1.807) is 32.9 Å². The van der Waals surface area contributed by atoms with Gasteiger partial charge in [0, 0.05) is 10.0 Å². The molecule has 1 aromatic heterocycles. The van der Waals surface area contributed by atoms with Crippen molar-refractivity contribution in [3.8, 4) is 10.6 Å². The Kier molecular flexibility index (Phi) is 4.58. The van der Waals surface area contributed by atoms with Crippen LogP contribution in [0.25, 0.3) is 10.6 Å². The number of amides is 1. The number of aromatic nitrogens is 2. The number of nitrogens with zero attached hydrogens (tertiary/aromatic N) is 2. The van der Waals surface area contributed by atoms with E-state index in [2.05, 4.69) is 31.4 Å². The fourth-order valence-corrected chi connectivity index (χ4v) is 2.54. The van der Waals surface area contributed by atoms with Gasteiger partial charge in [0.15, 0.2) is 5.01 Å². The third-order valence-corrected chi connectivity index (χ3v) is 3.56. The van der Waals surface area contributed by atoms with Gasteiger partial charge >= 0.3 is 6.09 Å². The number of hydrogen-bond acceptors (Lipinski definition) is 5. The molecule has 0 radical (unpaired) electrons. The Morgan fingerprint density at radius 1 is 1.38 bits per heavy atom. The first-order valence-electron chi connectivity index (χ1n) is 6.03. The number of ether oxygens (including phenoxy) is 1. The van der Waals surface area contributed by atoms with Crippen molar-refractivity contribution in [1.29, 1.82) is 0 Å². The van der Waals surface area contributed by atoms with Crippen molar-refractivity contribution in [2.45, 2.75) is 26.4 Å². The average Bonchev–Trinajstić information content (AvgIpc) is 2.78. The number of benzene rings is 1. The number of carbonyl (C=O) groups excluding carboxylic acids is 1. The molecule has 112 valence electrons. The zero-order valence-corrected chi connectivity index (χ0v) is 14.0. The minimum atomic E-state index is -0.625. The van der Waals surface area contributed by atoms with Crippen LogP contribution in [0.5, 0.6) is 0 Å². The van der Waals surface area contributed by atoms with Gasteiger partial charge in [0.1, 0.15) is 11.4 Å². The lowest BCUT2D eigenvalue weighted by atomic mass is 10.2. The van der Waals surface area contributed by atoms with Gasteiger partial charge in [0.25, 0.3) is 0 Å². The smallest absolute Gasteiger partial charge is 0.414 e. The molecule has 0 unspecified atom stereocenters. The first-order valence-corrected chi connectivity index (χ1v) is 7.64. The number of halogens is 2. The topological polar surface area (TPSA) is 64.1 Å². The summed E-state index contributed by atoms with van der Waals surface area (Å²) < 4.78 is 19.6. The summed E-state index contributed by atoms with van der Waals surface area (Å²) in [6.07, 6.45) is -0.625. The normalized spacial score (nSPS) is 11.3. The zero-order valence-electron chi connectivity index (χ0n) is 11.6. The van der Waals surface area contributed by atoms with Crippen LogP contribution >= 0.6 is 27.3 Å². The quantitative estimate of drug-likeness (QED) is 0.843. The van der Waals surface area contributed by atoms with Gasteiger partial charge in [-0.2, -0.15) is 0 Å².